The average Bonchev–Trinajstić information content (AvgIpc) is 2.60. The summed E-state index contributed by atoms with van der Waals surface area (Å²) in [5.41, 5.74) is 1.91. The van der Waals surface area contributed by atoms with E-state index in [1.54, 1.807) is 27.9 Å². The van der Waals surface area contributed by atoms with E-state index in [1.165, 1.54) is 10.5 Å². The van der Waals surface area contributed by atoms with Crippen LogP contribution in [0.25, 0.3) is 0 Å². The Balaban J connectivity index is 2.07. The molecule has 156 valence electrons. The summed E-state index contributed by atoms with van der Waals surface area (Å²) >= 11 is 0. The highest BCUT2D eigenvalue weighted by Gasteiger charge is 2.33. The number of nitrogens with one attached hydrogen (secondary N) is 1. The van der Waals surface area contributed by atoms with Crippen LogP contribution in [0.15, 0.2) is 24.3 Å². The third-order valence-electron chi connectivity index (χ3n) is 5.01. The van der Waals surface area contributed by atoms with Crippen LogP contribution in [0.1, 0.15) is 64.6 Å². The SMILES string of the molecule is COCCN(CC(=O)NC1CCC(C)(C)c2ccccc21)C(=O)OC(C)(C)C. The van der Waals surface area contributed by atoms with Crippen LogP contribution in [0.4, 0.5) is 4.79 Å². The standard InChI is InChI=1S/C22H34N2O4/c1-21(2,3)28-20(26)24(13-14-27-6)15-19(25)23-18-11-12-22(4,5)17-10-8-7-9-16(17)18/h7-10,18H,11-15H2,1-6H3,(H,23,25). The first-order chi connectivity index (χ1) is 13.0. The zero-order valence-corrected chi connectivity index (χ0v) is 18.0. The number of methoxy groups -OCH3 is 1. The van der Waals surface area contributed by atoms with E-state index < -0.39 is 11.7 Å². The number of rotatable bonds is 6. The lowest BCUT2D eigenvalue weighted by Gasteiger charge is -2.37. The molecule has 0 saturated heterocycles. The molecule has 1 aromatic carbocycles. The Morgan fingerprint density at radius 1 is 1.25 bits per heavy atom. The summed E-state index contributed by atoms with van der Waals surface area (Å²) in [5.74, 6) is -0.193. The number of amides is 2. The predicted molar refractivity (Wildman–Crippen MR) is 109 cm³/mol. The fourth-order valence-corrected chi connectivity index (χ4v) is 3.54. The topological polar surface area (TPSA) is 67.9 Å². The van der Waals surface area contributed by atoms with Crippen molar-refractivity contribution in [1.29, 1.82) is 0 Å². The van der Waals surface area contributed by atoms with Crippen LogP contribution in [-0.4, -0.2) is 49.3 Å². The van der Waals surface area contributed by atoms with Crippen molar-refractivity contribution in [2.24, 2.45) is 0 Å². The Hall–Kier alpha value is -2.08. The van der Waals surface area contributed by atoms with Gasteiger partial charge in [0.1, 0.15) is 12.1 Å². The van der Waals surface area contributed by atoms with E-state index in [-0.39, 0.29) is 23.9 Å². The molecule has 28 heavy (non-hydrogen) atoms. The smallest absolute Gasteiger partial charge is 0.410 e. The molecule has 0 saturated carbocycles. The van der Waals surface area contributed by atoms with Crippen LogP contribution < -0.4 is 5.32 Å². The van der Waals surface area contributed by atoms with E-state index >= 15 is 0 Å². The van der Waals surface area contributed by atoms with Gasteiger partial charge in [-0.15, -0.1) is 0 Å². The van der Waals surface area contributed by atoms with Crippen molar-refractivity contribution in [3.8, 4) is 0 Å². The maximum atomic E-state index is 12.7. The van der Waals surface area contributed by atoms with Crippen molar-refractivity contribution in [2.45, 2.75) is 64.5 Å². The summed E-state index contributed by atoms with van der Waals surface area (Å²) in [7, 11) is 1.56. The lowest BCUT2D eigenvalue weighted by molar-refractivity contribution is -0.123. The van der Waals surface area contributed by atoms with Gasteiger partial charge in [0.15, 0.2) is 0 Å². The number of hydrogen-bond acceptors (Lipinski definition) is 4. The number of nitrogens with zero attached hydrogens (tertiary/aromatic N) is 1. The molecule has 0 spiro atoms. The van der Waals surface area contributed by atoms with E-state index in [0.29, 0.717) is 13.2 Å². The highest BCUT2D eigenvalue weighted by molar-refractivity contribution is 5.82. The maximum Gasteiger partial charge on any atom is 0.410 e. The molecule has 0 bridgehead atoms. The van der Waals surface area contributed by atoms with Gasteiger partial charge in [-0.25, -0.2) is 4.79 Å². The molecular weight excluding hydrogens is 356 g/mol. The first-order valence-corrected chi connectivity index (χ1v) is 9.89. The minimum absolute atomic E-state index is 0.0420. The number of carbonyl (C=O) groups is 2. The Morgan fingerprint density at radius 3 is 2.57 bits per heavy atom. The van der Waals surface area contributed by atoms with Crippen molar-refractivity contribution in [3.63, 3.8) is 0 Å². The van der Waals surface area contributed by atoms with Gasteiger partial charge in [-0.1, -0.05) is 38.1 Å². The van der Waals surface area contributed by atoms with Crippen LogP contribution >= 0.6 is 0 Å². The van der Waals surface area contributed by atoms with E-state index in [4.69, 9.17) is 9.47 Å². The molecule has 0 fully saturated rings. The number of fused-ring (bicyclic) bond motifs is 1. The first-order valence-electron chi connectivity index (χ1n) is 9.89. The third-order valence-corrected chi connectivity index (χ3v) is 5.01. The van der Waals surface area contributed by atoms with E-state index in [0.717, 1.165) is 18.4 Å². The van der Waals surface area contributed by atoms with Crippen LogP contribution in [-0.2, 0) is 19.7 Å². The fourth-order valence-electron chi connectivity index (χ4n) is 3.54. The molecule has 0 aromatic heterocycles. The Kier molecular flexibility index (Phi) is 7.10. The molecule has 1 atom stereocenters. The molecule has 1 aliphatic rings. The second-order valence-corrected chi connectivity index (χ2v) is 9.02. The number of hydrogen-bond donors (Lipinski definition) is 1. The monoisotopic (exact) mass is 390 g/mol. The Morgan fingerprint density at radius 2 is 1.93 bits per heavy atom. The maximum absolute atomic E-state index is 12.7. The minimum atomic E-state index is -0.618. The molecule has 1 N–H and O–H groups in total. The molecule has 1 aliphatic carbocycles. The van der Waals surface area contributed by atoms with Crippen molar-refractivity contribution in [2.75, 3.05) is 26.8 Å². The van der Waals surface area contributed by atoms with Crippen molar-refractivity contribution in [1.82, 2.24) is 10.2 Å². The quantitative estimate of drug-likeness (QED) is 0.802. The molecule has 6 heteroatoms. The molecule has 6 nitrogen and oxygen atoms in total. The Labute approximate surface area is 168 Å². The third kappa shape index (κ3) is 5.96. The number of benzene rings is 1. The molecule has 1 aromatic rings. The lowest BCUT2D eigenvalue weighted by Crippen LogP contribution is -2.46. The van der Waals surface area contributed by atoms with Gasteiger partial charge in [0.05, 0.1) is 12.6 Å². The van der Waals surface area contributed by atoms with E-state index in [2.05, 4.69) is 31.3 Å². The van der Waals surface area contributed by atoms with Gasteiger partial charge < -0.3 is 14.8 Å². The first kappa shape index (κ1) is 22.2. The molecule has 0 aliphatic heterocycles. The normalized spacial score (nSPS) is 18.1. The molecule has 0 radical (unpaired) electrons. The number of ether oxygens (including phenoxy) is 2. The Bertz CT molecular complexity index is 694. The predicted octanol–water partition coefficient (Wildman–Crippen LogP) is 3.80. The average molecular weight is 391 g/mol. The van der Waals surface area contributed by atoms with Gasteiger partial charge >= 0.3 is 6.09 Å². The highest BCUT2D eigenvalue weighted by Crippen LogP contribution is 2.41. The largest absolute Gasteiger partial charge is 0.444 e. The van der Waals surface area contributed by atoms with Gasteiger partial charge in [0.2, 0.25) is 5.91 Å². The summed E-state index contributed by atoms with van der Waals surface area (Å²) in [6, 6.07) is 8.22. The summed E-state index contributed by atoms with van der Waals surface area (Å²) in [6.45, 7) is 10.5. The second kappa shape index (κ2) is 8.95. The summed E-state index contributed by atoms with van der Waals surface area (Å²) in [6.07, 6.45) is 1.36. The summed E-state index contributed by atoms with van der Waals surface area (Å²) < 4.78 is 10.5. The summed E-state index contributed by atoms with van der Waals surface area (Å²) in [4.78, 5) is 26.6. The second-order valence-electron chi connectivity index (χ2n) is 9.02. The fraction of sp³-hybridized carbons (Fsp3) is 0.636. The van der Waals surface area contributed by atoms with Crippen molar-refractivity contribution >= 4 is 12.0 Å². The molecule has 2 rings (SSSR count). The van der Waals surface area contributed by atoms with Crippen LogP contribution in [0, 0.1) is 0 Å². The van der Waals surface area contributed by atoms with Crippen LogP contribution in [0.3, 0.4) is 0 Å². The number of carbonyl (C=O) groups excluding carboxylic acids is 2. The molecule has 1 unspecified atom stereocenters. The van der Waals surface area contributed by atoms with Gasteiger partial charge in [0, 0.05) is 13.7 Å². The molecule has 2 amide bonds. The zero-order valence-electron chi connectivity index (χ0n) is 18.0. The zero-order chi connectivity index (χ0) is 20.9. The molecule has 0 heterocycles. The van der Waals surface area contributed by atoms with Gasteiger partial charge in [-0.2, -0.15) is 0 Å². The van der Waals surface area contributed by atoms with Gasteiger partial charge in [-0.05, 0) is 50.2 Å². The minimum Gasteiger partial charge on any atom is -0.444 e. The highest BCUT2D eigenvalue weighted by atomic mass is 16.6. The van der Waals surface area contributed by atoms with Crippen molar-refractivity contribution < 1.29 is 19.1 Å². The van der Waals surface area contributed by atoms with Crippen LogP contribution in [0.5, 0.6) is 0 Å². The van der Waals surface area contributed by atoms with Gasteiger partial charge in [0.25, 0.3) is 0 Å². The van der Waals surface area contributed by atoms with Crippen molar-refractivity contribution in [3.05, 3.63) is 35.4 Å². The molecular formula is C22H34N2O4. The van der Waals surface area contributed by atoms with E-state index in [9.17, 15) is 9.59 Å². The van der Waals surface area contributed by atoms with Crippen LogP contribution in [0.2, 0.25) is 0 Å². The lowest BCUT2D eigenvalue weighted by atomic mass is 9.71. The van der Waals surface area contributed by atoms with Gasteiger partial charge in [-0.3, -0.25) is 9.69 Å². The van der Waals surface area contributed by atoms with E-state index in [1.807, 2.05) is 12.1 Å². The summed E-state index contributed by atoms with van der Waals surface area (Å²) in [5, 5.41) is 3.11.